The van der Waals surface area contributed by atoms with Gasteiger partial charge in [-0.25, -0.2) is 0 Å². The molecule has 1 fully saturated rings. The summed E-state index contributed by atoms with van der Waals surface area (Å²) in [5.41, 5.74) is 3.97. The molecule has 3 rings (SSSR count). The fourth-order valence-corrected chi connectivity index (χ4v) is 3.71. The third-order valence-electron chi connectivity index (χ3n) is 5.14. The number of hydrogen-bond acceptors (Lipinski definition) is 2. The van der Waals surface area contributed by atoms with Crippen LogP contribution in [0.4, 0.5) is 0 Å². The Morgan fingerprint density at radius 1 is 1.19 bits per heavy atom. The molecule has 1 aliphatic heterocycles. The Hall–Kier alpha value is -2.33. The van der Waals surface area contributed by atoms with Gasteiger partial charge in [0, 0.05) is 19.6 Å². The topological polar surface area (TPSA) is 49.4 Å². The van der Waals surface area contributed by atoms with Gasteiger partial charge >= 0.3 is 0 Å². The molecule has 1 aliphatic rings. The van der Waals surface area contributed by atoms with Crippen molar-refractivity contribution in [3.05, 3.63) is 69.7 Å². The average Bonchev–Trinajstić information content (AvgIpc) is 2.68. The van der Waals surface area contributed by atoms with Crippen molar-refractivity contribution < 1.29 is 9.59 Å². The molecule has 5 heteroatoms. The maximum atomic E-state index is 12.8. The van der Waals surface area contributed by atoms with Gasteiger partial charge in [-0.1, -0.05) is 47.5 Å². The predicted octanol–water partition coefficient (Wildman–Crippen LogP) is 4.13. The van der Waals surface area contributed by atoms with Crippen molar-refractivity contribution in [2.75, 3.05) is 13.1 Å². The molecular formula is C22H25ClN2O2. The van der Waals surface area contributed by atoms with Crippen LogP contribution in [-0.2, 0) is 11.3 Å². The van der Waals surface area contributed by atoms with Crippen LogP contribution >= 0.6 is 11.6 Å². The SMILES string of the molecule is Cc1ccc(C)c(CNC(=O)C2CCCN(C(=O)c3ccccc3Cl)C2)c1. The molecule has 0 spiro atoms. The first-order valence-corrected chi connectivity index (χ1v) is 9.71. The van der Waals surface area contributed by atoms with Gasteiger partial charge in [0.1, 0.15) is 0 Å². The van der Waals surface area contributed by atoms with E-state index in [1.165, 1.54) is 11.1 Å². The number of carbonyl (C=O) groups excluding carboxylic acids is 2. The maximum Gasteiger partial charge on any atom is 0.255 e. The number of amides is 2. The highest BCUT2D eigenvalue weighted by atomic mass is 35.5. The molecule has 27 heavy (non-hydrogen) atoms. The Morgan fingerprint density at radius 2 is 1.96 bits per heavy atom. The summed E-state index contributed by atoms with van der Waals surface area (Å²) in [6.45, 7) is 5.70. The molecule has 0 bridgehead atoms. The second kappa shape index (κ2) is 8.57. The van der Waals surface area contributed by atoms with E-state index < -0.39 is 0 Å². The lowest BCUT2D eigenvalue weighted by Gasteiger charge is -2.32. The van der Waals surface area contributed by atoms with Crippen LogP contribution in [0.3, 0.4) is 0 Å². The van der Waals surface area contributed by atoms with Crippen LogP contribution in [-0.4, -0.2) is 29.8 Å². The van der Waals surface area contributed by atoms with Gasteiger partial charge in [-0.15, -0.1) is 0 Å². The molecular weight excluding hydrogens is 360 g/mol. The van der Waals surface area contributed by atoms with Gasteiger partial charge in [0.15, 0.2) is 0 Å². The Labute approximate surface area is 165 Å². The van der Waals surface area contributed by atoms with Gasteiger partial charge in [0.25, 0.3) is 5.91 Å². The highest BCUT2D eigenvalue weighted by Gasteiger charge is 2.29. The number of halogens is 1. The van der Waals surface area contributed by atoms with Gasteiger partial charge in [-0.3, -0.25) is 9.59 Å². The van der Waals surface area contributed by atoms with Crippen molar-refractivity contribution in [2.45, 2.75) is 33.2 Å². The van der Waals surface area contributed by atoms with Crippen LogP contribution in [0.2, 0.25) is 5.02 Å². The maximum absolute atomic E-state index is 12.8. The number of piperidine rings is 1. The molecule has 1 unspecified atom stereocenters. The number of likely N-dealkylation sites (tertiary alicyclic amines) is 1. The van der Waals surface area contributed by atoms with Gasteiger partial charge < -0.3 is 10.2 Å². The molecule has 4 nitrogen and oxygen atoms in total. The van der Waals surface area contributed by atoms with Gasteiger partial charge in [0.05, 0.1) is 16.5 Å². The largest absolute Gasteiger partial charge is 0.352 e. The number of nitrogens with zero attached hydrogens (tertiary/aromatic N) is 1. The number of nitrogens with one attached hydrogen (secondary N) is 1. The lowest BCUT2D eigenvalue weighted by atomic mass is 9.96. The summed E-state index contributed by atoms with van der Waals surface area (Å²) >= 11 is 6.16. The Bertz CT molecular complexity index is 850. The van der Waals surface area contributed by atoms with E-state index in [1.807, 2.05) is 13.8 Å². The monoisotopic (exact) mass is 384 g/mol. The number of benzene rings is 2. The fourth-order valence-electron chi connectivity index (χ4n) is 3.50. The Balaban J connectivity index is 1.62. The van der Waals surface area contributed by atoms with Crippen molar-refractivity contribution in [1.29, 1.82) is 0 Å². The first-order chi connectivity index (χ1) is 13.0. The van der Waals surface area contributed by atoms with Crippen LogP contribution < -0.4 is 5.32 Å². The quantitative estimate of drug-likeness (QED) is 0.861. The molecule has 0 aromatic heterocycles. The first kappa shape index (κ1) is 19.4. The van der Waals surface area contributed by atoms with Gasteiger partial charge in [-0.2, -0.15) is 0 Å². The molecule has 1 saturated heterocycles. The van der Waals surface area contributed by atoms with Crippen molar-refractivity contribution in [1.82, 2.24) is 10.2 Å². The molecule has 0 radical (unpaired) electrons. The fraction of sp³-hybridized carbons (Fsp3) is 0.364. The summed E-state index contributed by atoms with van der Waals surface area (Å²) in [6, 6.07) is 13.3. The number of aryl methyl sites for hydroxylation is 2. The highest BCUT2D eigenvalue weighted by molar-refractivity contribution is 6.33. The van der Waals surface area contributed by atoms with E-state index in [-0.39, 0.29) is 17.7 Å². The number of carbonyl (C=O) groups is 2. The normalized spacial score (nSPS) is 16.9. The standard InChI is InChI=1S/C22H25ClN2O2/c1-15-9-10-16(2)18(12-15)13-24-21(26)17-6-5-11-25(14-17)22(27)19-7-3-4-8-20(19)23/h3-4,7-10,12,17H,5-6,11,13-14H2,1-2H3,(H,24,26). The molecule has 2 aromatic rings. The summed E-state index contributed by atoms with van der Waals surface area (Å²) < 4.78 is 0. The average molecular weight is 385 g/mol. The molecule has 1 atom stereocenters. The van der Waals surface area contributed by atoms with Crippen molar-refractivity contribution >= 4 is 23.4 Å². The van der Waals surface area contributed by atoms with Crippen molar-refractivity contribution in [3.63, 3.8) is 0 Å². The summed E-state index contributed by atoms with van der Waals surface area (Å²) in [4.78, 5) is 27.2. The number of rotatable bonds is 4. The molecule has 2 aromatic carbocycles. The number of hydrogen-bond donors (Lipinski definition) is 1. The van der Waals surface area contributed by atoms with E-state index in [1.54, 1.807) is 29.2 Å². The van der Waals surface area contributed by atoms with Crippen molar-refractivity contribution in [3.8, 4) is 0 Å². The van der Waals surface area contributed by atoms with Crippen LogP contribution in [0.15, 0.2) is 42.5 Å². The van der Waals surface area contributed by atoms with E-state index in [9.17, 15) is 9.59 Å². The Kier molecular flexibility index (Phi) is 6.17. The molecule has 1 heterocycles. The lowest BCUT2D eigenvalue weighted by Crippen LogP contribution is -2.45. The summed E-state index contributed by atoms with van der Waals surface area (Å²) in [5, 5.41) is 3.49. The molecule has 142 valence electrons. The minimum atomic E-state index is -0.185. The van der Waals surface area contributed by atoms with E-state index in [4.69, 9.17) is 11.6 Å². The van der Waals surface area contributed by atoms with Crippen molar-refractivity contribution in [2.24, 2.45) is 5.92 Å². The minimum absolute atomic E-state index is 0.00700. The Morgan fingerprint density at radius 3 is 2.74 bits per heavy atom. The highest BCUT2D eigenvalue weighted by Crippen LogP contribution is 2.22. The summed E-state index contributed by atoms with van der Waals surface area (Å²) in [5.74, 6) is -0.282. The molecule has 1 N–H and O–H groups in total. The predicted molar refractivity (Wildman–Crippen MR) is 108 cm³/mol. The minimum Gasteiger partial charge on any atom is -0.352 e. The first-order valence-electron chi connectivity index (χ1n) is 9.33. The third-order valence-corrected chi connectivity index (χ3v) is 5.47. The smallest absolute Gasteiger partial charge is 0.255 e. The van der Waals surface area contributed by atoms with Gasteiger partial charge in [-0.05, 0) is 49.9 Å². The second-order valence-corrected chi connectivity index (χ2v) is 7.63. The van der Waals surface area contributed by atoms with Gasteiger partial charge in [0.2, 0.25) is 5.91 Å². The lowest BCUT2D eigenvalue weighted by molar-refractivity contribution is -0.126. The zero-order chi connectivity index (χ0) is 19.4. The zero-order valence-corrected chi connectivity index (χ0v) is 16.6. The molecule has 2 amide bonds. The second-order valence-electron chi connectivity index (χ2n) is 7.22. The third kappa shape index (κ3) is 4.69. The van der Waals surface area contributed by atoms with Crippen LogP contribution in [0.5, 0.6) is 0 Å². The zero-order valence-electron chi connectivity index (χ0n) is 15.8. The van der Waals surface area contributed by atoms with E-state index in [0.717, 1.165) is 18.4 Å². The van der Waals surface area contributed by atoms with Crippen LogP contribution in [0.25, 0.3) is 0 Å². The van der Waals surface area contributed by atoms with E-state index >= 15 is 0 Å². The summed E-state index contributed by atoms with van der Waals surface area (Å²) in [6.07, 6.45) is 1.61. The van der Waals surface area contributed by atoms with Crippen LogP contribution in [0.1, 0.15) is 39.9 Å². The van der Waals surface area contributed by atoms with E-state index in [0.29, 0.717) is 30.2 Å². The molecule has 0 aliphatic carbocycles. The molecule has 0 saturated carbocycles. The summed E-state index contributed by atoms with van der Waals surface area (Å²) in [7, 11) is 0. The van der Waals surface area contributed by atoms with E-state index in [2.05, 4.69) is 23.5 Å². The van der Waals surface area contributed by atoms with Crippen LogP contribution in [0, 0.1) is 19.8 Å².